The predicted molar refractivity (Wildman–Crippen MR) is 132 cm³/mol. The van der Waals surface area contributed by atoms with Crippen molar-refractivity contribution in [2.45, 2.75) is 38.3 Å². The van der Waals surface area contributed by atoms with Gasteiger partial charge in [0.15, 0.2) is 0 Å². The van der Waals surface area contributed by atoms with E-state index in [1.165, 1.54) is 17.2 Å². The van der Waals surface area contributed by atoms with E-state index in [0.29, 0.717) is 16.7 Å². The van der Waals surface area contributed by atoms with Crippen LogP contribution in [0.4, 0.5) is 0 Å². The molecule has 0 bridgehead atoms. The topological polar surface area (TPSA) is 85.6 Å². The lowest BCUT2D eigenvalue weighted by Gasteiger charge is -2.19. The second-order valence-electron chi connectivity index (χ2n) is 8.73. The fourth-order valence-electron chi connectivity index (χ4n) is 4.57. The first-order valence-electron chi connectivity index (χ1n) is 11.7. The van der Waals surface area contributed by atoms with Crippen molar-refractivity contribution in [2.75, 3.05) is 0 Å². The maximum absolute atomic E-state index is 12.9. The SMILES string of the molecule is O=C(C[C@@H](NC(=O)c1ccccc1)c1ccccc1)OCc1cc(=O)oc2cc3c(cc12)CCC3. The molecule has 0 saturated heterocycles. The lowest BCUT2D eigenvalue weighted by Crippen LogP contribution is -2.30. The van der Waals surface area contributed by atoms with Crippen molar-refractivity contribution in [3.8, 4) is 0 Å². The zero-order chi connectivity index (χ0) is 24.2. The van der Waals surface area contributed by atoms with Crippen molar-refractivity contribution in [2.24, 2.45) is 0 Å². The third kappa shape index (κ3) is 5.17. The van der Waals surface area contributed by atoms with Crippen molar-refractivity contribution in [1.29, 1.82) is 0 Å². The Kier molecular flexibility index (Phi) is 6.44. The molecule has 6 nitrogen and oxygen atoms in total. The van der Waals surface area contributed by atoms with E-state index in [1.54, 1.807) is 24.3 Å². The van der Waals surface area contributed by atoms with Gasteiger partial charge in [-0.15, -0.1) is 0 Å². The number of carbonyl (C=O) groups excluding carboxylic acids is 2. The molecule has 1 aliphatic carbocycles. The summed E-state index contributed by atoms with van der Waals surface area (Å²) >= 11 is 0. The summed E-state index contributed by atoms with van der Waals surface area (Å²) < 4.78 is 11.0. The summed E-state index contributed by atoms with van der Waals surface area (Å²) in [5.41, 5.74) is 4.41. The van der Waals surface area contributed by atoms with Crippen LogP contribution in [0.1, 0.15) is 51.5 Å². The van der Waals surface area contributed by atoms with E-state index < -0.39 is 17.6 Å². The number of hydrogen-bond acceptors (Lipinski definition) is 5. The van der Waals surface area contributed by atoms with E-state index in [1.807, 2.05) is 48.5 Å². The lowest BCUT2D eigenvalue weighted by molar-refractivity contribution is -0.145. The van der Waals surface area contributed by atoms with Crippen LogP contribution in [-0.2, 0) is 29.0 Å². The number of ether oxygens (including phenoxy) is 1. The van der Waals surface area contributed by atoms with Crippen LogP contribution >= 0.6 is 0 Å². The van der Waals surface area contributed by atoms with Gasteiger partial charge < -0.3 is 14.5 Å². The highest BCUT2D eigenvalue weighted by Gasteiger charge is 2.21. The molecular formula is C29H25NO5. The van der Waals surface area contributed by atoms with Gasteiger partial charge in [-0.3, -0.25) is 9.59 Å². The number of benzene rings is 3. The molecular weight excluding hydrogens is 442 g/mol. The summed E-state index contributed by atoms with van der Waals surface area (Å²) in [5, 5.41) is 3.73. The number of hydrogen-bond donors (Lipinski definition) is 1. The molecule has 0 saturated carbocycles. The highest BCUT2D eigenvalue weighted by Crippen LogP contribution is 2.29. The standard InChI is InChI=1S/C29H25NO5/c31-27(17-25(19-8-3-1-4-9-19)30-29(33)20-10-5-2-6-11-20)34-18-23-16-28(32)35-26-15-22-13-7-12-21(22)14-24(23)26/h1-6,8-11,14-16,25H,7,12-13,17-18H2,(H,30,33)/t25-/m1/s1. The third-order valence-corrected chi connectivity index (χ3v) is 6.35. The highest BCUT2D eigenvalue weighted by atomic mass is 16.5. The number of amides is 1. The van der Waals surface area contributed by atoms with Gasteiger partial charge in [-0.05, 0) is 60.2 Å². The zero-order valence-corrected chi connectivity index (χ0v) is 19.2. The molecule has 4 aromatic rings. The molecule has 176 valence electrons. The van der Waals surface area contributed by atoms with Crippen LogP contribution < -0.4 is 10.9 Å². The molecule has 1 aromatic heterocycles. The molecule has 0 radical (unpaired) electrons. The maximum atomic E-state index is 12.9. The first kappa shape index (κ1) is 22.6. The van der Waals surface area contributed by atoms with Gasteiger partial charge in [-0.2, -0.15) is 0 Å². The van der Waals surface area contributed by atoms with Crippen LogP contribution in [0.3, 0.4) is 0 Å². The molecule has 1 N–H and O–H groups in total. The Morgan fingerprint density at radius 3 is 2.34 bits per heavy atom. The summed E-state index contributed by atoms with van der Waals surface area (Å²) in [5.74, 6) is -0.748. The molecule has 6 heteroatoms. The average Bonchev–Trinajstić information content (AvgIpc) is 3.34. The van der Waals surface area contributed by atoms with Crippen LogP contribution in [-0.4, -0.2) is 11.9 Å². The average molecular weight is 468 g/mol. The van der Waals surface area contributed by atoms with Gasteiger partial charge >= 0.3 is 11.6 Å². The van der Waals surface area contributed by atoms with Gasteiger partial charge in [0.1, 0.15) is 12.2 Å². The van der Waals surface area contributed by atoms with Crippen molar-refractivity contribution in [1.82, 2.24) is 5.32 Å². The van der Waals surface area contributed by atoms with Gasteiger partial charge in [-0.25, -0.2) is 4.79 Å². The molecule has 0 fully saturated rings. The fraction of sp³-hybridized carbons (Fsp3) is 0.207. The maximum Gasteiger partial charge on any atom is 0.336 e. The Bertz CT molecular complexity index is 1430. The highest BCUT2D eigenvalue weighted by molar-refractivity contribution is 5.94. The number of esters is 1. The van der Waals surface area contributed by atoms with Crippen LogP contribution in [0.5, 0.6) is 0 Å². The predicted octanol–water partition coefficient (Wildman–Crippen LogP) is 4.89. The second-order valence-corrected chi connectivity index (χ2v) is 8.73. The van der Waals surface area contributed by atoms with Gasteiger partial charge in [0.2, 0.25) is 0 Å². The van der Waals surface area contributed by atoms with Crippen molar-refractivity contribution < 1.29 is 18.7 Å². The molecule has 1 amide bonds. The minimum absolute atomic E-state index is 0.0443. The van der Waals surface area contributed by atoms with Crippen LogP contribution in [0.25, 0.3) is 11.0 Å². The third-order valence-electron chi connectivity index (χ3n) is 6.35. The van der Waals surface area contributed by atoms with Crippen molar-refractivity contribution in [3.05, 3.63) is 117 Å². The van der Waals surface area contributed by atoms with Crippen LogP contribution in [0.15, 0.2) is 88.1 Å². The summed E-state index contributed by atoms with van der Waals surface area (Å²) in [7, 11) is 0. The monoisotopic (exact) mass is 467 g/mol. The van der Waals surface area contributed by atoms with E-state index in [9.17, 15) is 14.4 Å². The van der Waals surface area contributed by atoms with Gasteiger partial charge in [0.05, 0.1) is 12.5 Å². The number of carbonyl (C=O) groups is 2. The van der Waals surface area contributed by atoms with Gasteiger partial charge in [0, 0.05) is 22.6 Å². The normalized spacial score (nSPS) is 13.3. The van der Waals surface area contributed by atoms with Crippen LogP contribution in [0, 0.1) is 0 Å². The molecule has 5 rings (SSSR count). The summed E-state index contributed by atoms with van der Waals surface area (Å²) in [4.78, 5) is 37.7. The molecule has 3 aromatic carbocycles. The molecule has 0 unspecified atom stereocenters. The summed E-state index contributed by atoms with van der Waals surface area (Å²) in [6.45, 7) is -0.0478. The second kappa shape index (κ2) is 9.97. The number of fused-ring (bicyclic) bond motifs is 2. The first-order chi connectivity index (χ1) is 17.1. The molecule has 1 aliphatic rings. The minimum atomic E-state index is -0.558. The molecule has 0 aliphatic heterocycles. The Morgan fingerprint density at radius 2 is 1.60 bits per heavy atom. The summed E-state index contributed by atoms with van der Waals surface area (Å²) in [6.07, 6.45) is 3.00. The number of nitrogens with one attached hydrogen (secondary N) is 1. The quantitative estimate of drug-likeness (QED) is 0.309. The molecule has 0 spiro atoms. The number of aryl methyl sites for hydroxylation is 2. The lowest BCUT2D eigenvalue weighted by atomic mass is 10.0. The molecule has 1 heterocycles. The van der Waals surface area contributed by atoms with Crippen molar-refractivity contribution >= 4 is 22.8 Å². The van der Waals surface area contributed by atoms with Gasteiger partial charge in [-0.1, -0.05) is 48.5 Å². The summed E-state index contributed by atoms with van der Waals surface area (Å²) in [6, 6.07) is 23.0. The Balaban J connectivity index is 1.32. The molecule has 1 atom stereocenters. The zero-order valence-electron chi connectivity index (χ0n) is 19.2. The minimum Gasteiger partial charge on any atom is -0.461 e. The Hall–Kier alpha value is -4.19. The smallest absolute Gasteiger partial charge is 0.336 e. The Morgan fingerprint density at radius 1 is 0.914 bits per heavy atom. The van der Waals surface area contributed by atoms with E-state index >= 15 is 0 Å². The van der Waals surface area contributed by atoms with Gasteiger partial charge in [0.25, 0.3) is 5.91 Å². The molecule has 35 heavy (non-hydrogen) atoms. The van der Waals surface area contributed by atoms with E-state index in [2.05, 4.69) is 5.32 Å². The van der Waals surface area contributed by atoms with E-state index in [4.69, 9.17) is 9.15 Å². The number of rotatable bonds is 7. The fourth-order valence-corrected chi connectivity index (χ4v) is 4.57. The van der Waals surface area contributed by atoms with Crippen LogP contribution in [0.2, 0.25) is 0 Å². The van der Waals surface area contributed by atoms with E-state index in [0.717, 1.165) is 30.2 Å². The van der Waals surface area contributed by atoms with E-state index in [-0.39, 0.29) is 18.9 Å². The largest absolute Gasteiger partial charge is 0.461 e. The first-order valence-corrected chi connectivity index (χ1v) is 11.7. The van der Waals surface area contributed by atoms with Crippen molar-refractivity contribution in [3.63, 3.8) is 0 Å². The Labute approximate surface area is 202 Å².